The number of benzene rings is 2. The lowest BCUT2D eigenvalue weighted by Crippen LogP contribution is -2.17. The van der Waals surface area contributed by atoms with E-state index in [1.165, 1.54) is 11.1 Å². The van der Waals surface area contributed by atoms with E-state index >= 15 is 0 Å². The number of oxime groups is 1. The maximum absolute atomic E-state index is 8.69. The average Bonchev–Trinajstić information content (AvgIpc) is 2.90. The molecule has 2 aromatic rings. The molecule has 3 N–H and O–H groups in total. The SMILES string of the molecule is N/C(=N/O)c1ccc(CN2Cc3ccccc3C2)c(Cl)c1. The Balaban J connectivity index is 1.75. The van der Waals surface area contributed by atoms with E-state index in [1.54, 1.807) is 6.07 Å². The van der Waals surface area contributed by atoms with Crippen LogP contribution in [0.25, 0.3) is 0 Å². The van der Waals surface area contributed by atoms with E-state index in [9.17, 15) is 0 Å². The Morgan fingerprint density at radius 3 is 2.43 bits per heavy atom. The number of hydrogen-bond donors (Lipinski definition) is 2. The van der Waals surface area contributed by atoms with Crippen molar-refractivity contribution in [3.8, 4) is 0 Å². The summed E-state index contributed by atoms with van der Waals surface area (Å²) in [5.74, 6) is 0.0667. The first-order valence-corrected chi connectivity index (χ1v) is 7.10. The molecule has 0 amide bonds. The molecule has 0 aliphatic carbocycles. The van der Waals surface area contributed by atoms with E-state index in [1.807, 2.05) is 12.1 Å². The van der Waals surface area contributed by atoms with Gasteiger partial charge in [0.1, 0.15) is 0 Å². The molecule has 5 heteroatoms. The van der Waals surface area contributed by atoms with Crippen LogP contribution in [0.3, 0.4) is 0 Å². The third-order valence-corrected chi connectivity index (χ3v) is 4.11. The zero-order valence-electron chi connectivity index (χ0n) is 11.5. The quantitative estimate of drug-likeness (QED) is 0.396. The van der Waals surface area contributed by atoms with Crippen LogP contribution in [0.4, 0.5) is 0 Å². The number of rotatable bonds is 3. The fraction of sp³-hybridized carbons (Fsp3) is 0.188. The van der Waals surface area contributed by atoms with Crippen molar-refractivity contribution >= 4 is 17.4 Å². The van der Waals surface area contributed by atoms with Gasteiger partial charge in [-0.3, -0.25) is 4.90 Å². The minimum absolute atomic E-state index is 0.0667. The van der Waals surface area contributed by atoms with Gasteiger partial charge < -0.3 is 10.9 Å². The van der Waals surface area contributed by atoms with Crippen LogP contribution in [0.5, 0.6) is 0 Å². The zero-order valence-corrected chi connectivity index (χ0v) is 12.2. The molecule has 0 fully saturated rings. The summed E-state index contributed by atoms with van der Waals surface area (Å²) in [6.07, 6.45) is 0. The molecule has 0 atom stereocenters. The van der Waals surface area contributed by atoms with E-state index in [0.717, 1.165) is 25.2 Å². The summed E-state index contributed by atoms with van der Waals surface area (Å²) in [5.41, 5.74) is 9.98. The molecule has 21 heavy (non-hydrogen) atoms. The second-order valence-electron chi connectivity index (χ2n) is 5.21. The van der Waals surface area contributed by atoms with E-state index in [-0.39, 0.29) is 5.84 Å². The fourth-order valence-electron chi connectivity index (χ4n) is 2.65. The fourth-order valence-corrected chi connectivity index (χ4v) is 2.89. The highest BCUT2D eigenvalue weighted by atomic mass is 35.5. The Morgan fingerprint density at radius 2 is 1.86 bits per heavy atom. The molecular formula is C16H16ClN3O. The molecule has 0 aromatic heterocycles. The number of hydrogen-bond acceptors (Lipinski definition) is 3. The van der Waals surface area contributed by atoms with Crippen LogP contribution in [0.1, 0.15) is 22.3 Å². The van der Waals surface area contributed by atoms with Crippen molar-refractivity contribution in [3.63, 3.8) is 0 Å². The van der Waals surface area contributed by atoms with E-state index < -0.39 is 0 Å². The van der Waals surface area contributed by atoms with Crippen LogP contribution in [-0.2, 0) is 19.6 Å². The molecule has 0 saturated carbocycles. The zero-order chi connectivity index (χ0) is 14.8. The summed E-state index contributed by atoms with van der Waals surface area (Å²) in [4.78, 5) is 2.34. The van der Waals surface area contributed by atoms with Gasteiger partial charge in [0.15, 0.2) is 5.84 Å². The normalized spacial score (nSPS) is 15.2. The van der Waals surface area contributed by atoms with E-state index in [0.29, 0.717) is 10.6 Å². The Hall–Kier alpha value is -2.04. The predicted molar refractivity (Wildman–Crippen MR) is 83.4 cm³/mol. The summed E-state index contributed by atoms with van der Waals surface area (Å²) >= 11 is 6.30. The molecule has 0 saturated heterocycles. The van der Waals surface area contributed by atoms with Crippen molar-refractivity contribution in [1.29, 1.82) is 0 Å². The molecule has 3 rings (SSSR count). The Labute approximate surface area is 128 Å². The average molecular weight is 302 g/mol. The topological polar surface area (TPSA) is 61.9 Å². The van der Waals surface area contributed by atoms with Gasteiger partial charge in [-0.15, -0.1) is 0 Å². The van der Waals surface area contributed by atoms with Crippen molar-refractivity contribution < 1.29 is 5.21 Å². The van der Waals surface area contributed by atoms with Gasteiger partial charge in [0, 0.05) is 30.2 Å². The van der Waals surface area contributed by atoms with Gasteiger partial charge in [-0.25, -0.2) is 0 Å². The molecule has 1 heterocycles. The highest BCUT2D eigenvalue weighted by Crippen LogP contribution is 2.26. The molecule has 0 unspecified atom stereocenters. The van der Waals surface area contributed by atoms with Gasteiger partial charge in [0.05, 0.1) is 0 Å². The maximum Gasteiger partial charge on any atom is 0.170 e. The summed E-state index contributed by atoms with van der Waals surface area (Å²) in [7, 11) is 0. The lowest BCUT2D eigenvalue weighted by molar-refractivity contribution is 0.275. The molecule has 0 bridgehead atoms. The largest absolute Gasteiger partial charge is 0.409 e. The smallest absolute Gasteiger partial charge is 0.170 e. The van der Waals surface area contributed by atoms with Gasteiger partial charge in [0.25, 0.3) is 0 Å². The highest BCUT2D eigenvalue weighted by Gasteiger charge is 2.19. The van der Waals surface area contributed by atoms with E-state index in [2.05, 4.69) is 34.3 Å². The second-order valence-corrected chi connectivity index (χ2v) is 5.61. The molecule has 4 nitrogen and oxygen atoms in total. The van der Waals surface area contributed by atoms with Gasteiger partial charge >= 0.3 is 0 Å². The summed E-state index contributed by atoms with van der Waals surface area (Å²) in [6.45, 7) is 2.66. The van der Waals surface area contributed by atoms with Crippen molar-refractivity contribution in [2.45, 2.75) is 19.6 Å². The van der Waals surface area contributed by atoms with E-state index in [4.69, 9.17) is 22.5 Å². The minimum atomic E-state index is 0.0667. The summed E-state index contributed by atoms with van der Waals surface area (Å²) in [5, 5.41) is 12.3. The van der Waals surface area contributed by atoms with Gasteiger partial charge in [-0.2, -0.15) is 0 Å². The molecule has 0 radical (unpaired) electrons. The van der Waals surface area contributed by atoms with Crippen molar-refractivity contribution in [2.75, 3.05) is 0 Å². The number of nitrogens with zero attached hydrogens (tertiary/aromatic N) is 2. The number of halogens is 1. The van der Waals surface area contributed by atoms with Crippen LogP contribution in [0, 0.1) is 0 Å². The number of nitrogens with two attached hydrogens (primary N) is 1. The summed E-state index contributed by atoms with van der Waals surface area (Å²) in [6, 6.07) is 14.0. The molecule has 1 aliphatic rings. The van der Waals surface area contributed by atoms with Crippen LogP contribution >= 0.6 is 11.6 Å². The first kappa shape index (κ1) is 13.9. The minimum Gasteiger partial charge on any atom is -0.409 e. The first-order valence-electron chi connectivity index (χ1n) is 6.73. The monoisotopic (exact) mass is 301 g/mol. The Bertz CT molecular complexity index is 675. The Kier molecular flexibility index (Phi) is 3.82. The van der Waals surface area contributed by atoms with Gasteiger partial charge in [-0.1, -0.05) is 53.2 Å². The molecule has 0 spiro atoms. The first-order chi connectivity index (χ1) is 10.2. The highest BCUT2D eigenvalue weighted by molar-refractivity contribution is 6.31. The molecule has 108 valence electrons. The third kappa shape index (κ3) is 2.86. The van der Waals surface area contributed by atoms with Gasteiger partial charge in [0.2, 0.25) is 0 Å². The van der Waals surface area contributed by atoms with Crippen LogP contribution in [-0.4, -0.2) is 15.9 Å². The Morgan fingerprint density at radius 1 is 1.19 bits per heavy atom. The summed E-state index contributed by atoms with van der Waals surface area (Å²) < 4.78 is 0. The number of amidine groups is 1. The second kappa shape index (κ2) is 5.76. The van der Waals surface area contributed by atoms with Crippen molar-refractivity contribution in [2.24, 2.45) is 10.9 Å². The maximum atomic E-state index is 8.69. The lowest BCUT2D eigenvalue weighted by atomic mass is 10.1. The van der Waals surface area contributed by atoms with Crippen molar-refractivity contribution in [3.05, 3.63) is 69.7 Å². The standard InChI is InChI=1S/C16H16ClN3O/c17-15-7-11(16(18)19-21)5-6-14(15)10-20-8-12-3-1-2-4-13(12)9-20/h1-7,21H,8-10H2,(H2,18,19). The third-order valence-electron chi connectivity index (χ3n) is 3.76. The van der Waals surface area contributed by atoms with Gasteiger partial charge in [-0.05, 0) is 22.8 Å². The number of fused-ring (bicyclic) bond motifs is 1. The molecular weight excluding hydrogens is 286 g/mol. The lowest BCUT2D eigenvalue weighted by Gasteiger charge is -2.16. The van der Waals surface area contributed by atoms with Crippen LogP contribution in [0.2, 0.25) is 5.02 Å². The van der Waals surface area contributed by atoms with Crippen LogP contribution < -0.4 is 5.73 Å². The van der Waals surface area contributed by atoms with Crippen molar-refractivity contribution in [1.82, 2.24) is 4.90 Å². The predicted octanol–water partition coefficient (Wildman–Crippen LogP) is 2.95. The van der Waals surface area contributed by atoms with Crippen LogP contribution in [0.15, 0.2) is 47.6 Å². The molecule has 1 aliphatic heterocycles. The molecule has 2 aromatic carbocycles.